The van der Waals surface area contributed by atoms with Crippen LogP contribution >= 0.6 is 11.3 Å². The highest BCUT2D eigenvalue weighted by molar-refractivity contribution is 7.18. The number of aromatic nitrogens is 1. The Bertz CT molecular complexity index is 4360. The molecule has 28 heteroatoms. The number of carbonyl (C=O) groups excluding carboxylic acids is 3. The van der Waals surface area contributed by atoms with E-state index in [1.165, 1.54) is 19.1 Å². The molecular weight excluding hydrogens is 1440 g/mol. The van der Waals surface area contributed by atoms with E-state index in [1.54, 1.807) is 38.0 Å². The second kappa shape index (κ2) is 36.4. The average Bonchev–Trinajstić information content (AvgIpc) is 0.986. The number of benzene rings is 8. The highest BCUT2D eigenvalue weighted by Crippen LogP contribution is 2.37. The summed E-state index contributed by atoms with van der Waals surface area (Å²) in [5.74, 6) is -4.14. The number of alkyl halides is 11. The van der Waals surface area contributed by atoms with Crippen LogP contribution in [0.1, 0.15) is 96.3 Å². The Hall–Kier alpha value is -9.77. The van der Waals surface area contributed by atoms with Crippen molar-refractivity contribution < 1.29 is 76.2 Å². The molecule has 0 spiro atoms. The van der Waals surface area contributed by atoms with E-state index in [0.29, 0.717) is 70.3 Å². The molecule has 108 heavy (non-hydrogen) atoms. The topological polar surface area (TPSA) is 129 Å². The number of likely N-dealkylation sites (tertiary alicyclic amines) is 3. The molecule has 574 valence electrons. The normalized spacial score (nSPS) is 15.6. The molecule has 0 aliphatic carbocycles. The lowest BCUT2D eigenvalue weighted by Crippen LogP contribution is -2.53. The van der Waals surface area contributed by atoms with E-state index in [9.17, 15) is 71.5 Å². The highest BCUT2D eigenvalue weighted by Gasteiger charge is 2.40. The number of piperidine rings is 3. The lowest BCUT2D eigenvalue weighted by Gasteiger charge is -2.41. The number of nitrogens with one attached hydrogen (secondary N) is 3. The molecule has 1 unspecified atom stereocenters. The molecule has 0 bridgehead atoms. The summed E-state index contributed by atoms with van der Waals surface area (Å²) in [5, 5.41) is 8.62. The first-order chi connectivity index (χ1) is 51.4. The van der Waals surface area contributed by atoms with Crippen molar-refractivity contribution in [1.29, 1.82) is 0 Å². The molecule has 3 aliphatic rings. The Morgan fingerprint density at radius 3 is 1.29 bits per heavy atom. The van der Waals surface area contributed by atoms with Crippen LogP contribution in [0.4, 0.5) is 88.5 Å². The van der Waals surface area contributed by atoms with Gasteiger partial charge in [-0.05, 0) is 135 Å². The number of halogens is 13. The lowest BCUT2D eigenvalue weighted by molar-refractivity contribution is -0.138. The summed E-state index contributed by atoms with van der Waals surface area (Å²) in [4.78, 5) is 55.7. The summed E-state index contributed by atoms with van der Waals surface area (Å²) < 4.78 is 180. The molecule has 0 radical (unpaired) electrons. The van der Waals surface area contributed by atoms with Crippen molar-refractivity contribution in [3.05, 3.63) is 256 Å². The van der Waals surface area contributed by atoms with Crippen molar-refractivity contribution in [1.82, 2.24) is 34.4 Å². The van der Waals surface area contributed by atoms with Gasteiger partial charge in [0, 0.05) is 113 Å². The van der Waals surface area contributed by atoms with Gasteiger partial charge in [-0.25, -0.2) is 36.9 Å². The fourth-order valence-corrected chi connectivity index (χ4v) is 14.4. The van der Waals surface area contributed by atoms with Crippen LogP contribution in [-0.4, -0.2) is 129 Å². The van der Waals surface area contributed by atoms with E-state index in [0.717, 1.165) is 119 Å². The maximum Gasteiger partial charge on any atom is 0.416 e. The summed E-state index contributed by atoms with van der Waals surface area (Å²) >= 11 is 1.67. The molecule has 4 heterocycles. The van der Waals surface area contributed by atoms with Gasteiger partial charge in [-0.15, -0.1) is 11.3 Å². The largest absolute Gasteiger partial charge is 0.496 e. The van der Waals surface area contributed by atoms with Crippen LogP contribution < -0.4 is 20.7 Å². The van der Waals surface area contributed by atoms with Crippen LogP contribution in [0.25, 0.3) is 10.2 Å². The first-order valence-corrected chi connectivity index (χ1v) is 36.0. The SMILES string of the molecule is CC(N1CCC(N(Cc2ccccc2)C(=O)Nc2cccc(C(F)(F)F)c2)CC1)C(C)(F)F.COc1ccccc1CN1CCC(N(Cc2ccccc2)C(=O)Nc2cc(F)cc(C(F)(F)F)c2)CC1.O=C(Nc1cc(F)cc(C(F)(F)F)c1)N(Cc1ccccc1)C1CCN(Cc2nc3ccccc3s2)CC1. The number of hydrogen-bond acceptors (Lipinski definition) is 9. The van der Waals surface area contributed by atoms with Crippen LogP contribution in [0.3, 0.4) is 0 Å². The van der Waals surface area contributed by atoms with E-state index >= 15 is 0 Å². The van der Waals surface area contributed by atoms with Crippen LogP contribution in [0.15, 0.2) is 200 Å². The van der Waals surface area contributed by atoms with Crippen molar-refractivity contribution in [3.8, 4) is 5.75 Å². The first-order valence-electron chi connectivity index (χ1n) is 35.2. The van der Waals surface area contributed by atoms with Gasteiger partial charge in [0.25, 0.3) is 5.92 Å². The van der Waals surface area contributed by atoms with Crippen LogP contribution in [0.2, 0.25) is 0 Å². The number of nitrogens with zero attached hydrogens (tertiary/aromatic N) is 7. The van der Waals surface area contributed by atoms with Crippen molar-refractivity contribution in [2.75, 3.05) is 62.3 Å². The average molecular weight is 1530 g/mol. The standard InChI is InChI=1S/C28H26F4N4OS.C28H29F4N3O2.C24H28F5N3O/c29-21-14-20(28(30,31)32)15-22(16-21)33-27(37)36(17-19-6-2-1-3-7-19)23-10-12-35(13-11-23)18-26-34-24-8-4-5-9-25(24)38-26;1-37-26-10-6-5-9-21(26)19-34-13-11-25(12-14-34)35(18-20-7-3-2-4-8-20)27(36)33-24-16-22(28(30,31)32)15-23(29)17-24;1-17(23(2,25)26)31-13-11-21(12-14-31)32(16-18-7-4-3-5-8-18)22(33)30-20-10-6-9-19(15-20)24(27,28)29/h1-9,14-16,23H,10-13,17-18H2,(H,33,37);2-10,15-17,25H,11-14,18-19H2,1H3,(H,33,36);3-10,15,17,21H,11-14,16H2,1-2H3,(H,30,33). The maximum atomic E-state index is 13.9. The second-order valence-corrected chi connectivity index (χ2v) is 28.1. The molecule has 0 saturated carbocycles. The number of methoxy groups -OCH3 is 1. The van der Waals surface area contributed by atoms with Gasteiger partial charge in [0.05, 0.1) is 46.6 Å². The lowest BCUT2D eigenvalue weighted by atomic mass is 9.99. The number of para-hydroxylation sites is 2. The smallest absolute Gasteiger partial charge is 0.416 e. The highest BCUT2D eigenvalue weighted by atomic mass is 32.1. The third kappa shape index (κ3) is 23.1. The summed E-state index contributed by atoms with van der Waals surface area (Å²) in [6.45, 7) is 8.42. The quantitative estimate of drug-likeness (QED) is 0.0683. The number of urea groups is 3. The van der Waals surface area contributed by atoms with Crippen molar-refractivity contribution in [2.45, 2.75) is 134 Å². The van der Waals surface area contributed by atoms with E-state index in [1.807, 2.05) is 133 Å². The van der Waals surface area contributed by atoms with Gasteiger partial charge < -0.3 is 35.4 Å². The zero-order valence-corrected chi connectivity index (χ0v) is 60.3. The minimum atomic E-state index is -4.72. The van der Waals surface area contributed by atoms with Gasteiger partial charge >= 0.3 is 36.6 Å². The zero-order chi connectivity index (χ0) is 77.3. The van der Waals surface area contributed by atoms with Gasteiger partial charge in [0.1, 0.15) is 22.4 Å². The van der Waals surface area contributed by atoms with Crippen molar-refractivity contribution in [3.63, 3.8) is 0 Å². The molecule has 3 fully saturated rings. The number of thiazole rings is 1. The van der Waals surface area contributed by atoms with E-state index in [4.69, 9.17) is 9.72 Å². The summed E-state index contributed by atoms with van der Waals surface area (Å²) in [6, 6.07) is 49.4. The fraction of sp³-hybridized carbons (Fsp3) is 0.350. The van der Waals surface area contributed by atoms with Crippen molar-refractivity contribution in [2.24, 2.45) is 0 Å². The minimum Gasteiger partial charge on any atom is -0.496 e. The number of carbonyl (C=O) groups is 3. The molecule has 1 atom stereocenters. The number of amides is 6. The number of anilines is 3. The predicted octanol–water partition coefficient (Wildman–Crippen LogP) is 20.0. The molecule has 3 aliphatic heterocycles. The van der Waals surface area contributed by atoms with E-state index in [2.05, 4.69) is 31.8 Å². The predicted molar refractivity (Wildman–Crippen MR) is 391 cm³/mol. The number of fused-ring (bicyclic) bond motifs is 1. The van der Waals surface area contributed by atoms with E-state index < -0.39 is 76.9 Å². The Morgan fingerprint density at radius 1 is 0.472 bits per heavy atom. The zero-order valence-electron chi connectivity index (χ0n) is 59.5. The molecule has 1 aromatic heterocycles. The Kier molecular flexibility index (Phi) is 27.2. The fourth-order valence-electron chi connectivity index (χ4n) is 13.4. The number of hydrogen-bond donors (Lipinski definition) is 3. The summed E-state index contributed by atoms with van der Waals surface area (Å²) in [6.07, 6.45) is -10.2. The molecule has 6 amide bonds. The van der Waals surface area contributed by atoms with Gasteiger partial charge in [0.15, 0.2) is 0 Å². The second-order valence-electron chi connectivity index (χ2n) is 27.0. The number of ether oxygens (including phenoxy) is 1. The molecule has 14 nitrogen and oxygen atoms in total. The van der Waals surface area contributed by atoms with Crippen LogP contribution in [0, 0.1) is 11.6 Å². The molecule has 3 saturated heterocycles. The molecule has 9 aromatic rings. The summed E-state index contributed by atoms with van der Waals surface area (Å²) in [7, 11) is 1.64. The Labute approximate surface area is 622 Å². The molecule has 8 aromatic carbocycles. The van der Waals surface area contributed by atoms with Gasteiger partial charge in [-0.3, -0.25) is 14.7 Å². The van der Waals surface area contributed by atoms with Gasteiger partial charge in [0.2, 0.25) is 0 Å². The third-order valence-corrected chi connectivity index (χ3v) is 20.3. The van der Waals surface area contributed by atoms with Gasteiger partial charge in [-0.1, -0.05) is 127 Å². The third-order valence-electron chi connectivity index (χ3n) is 19.3. The van der Waals surface area contributed by atoms with Crippen molar-refractivity contribution >= 4 is 56.7 Å². The van der Waals surface area contributed by atoms with E-state index in [-0.39, 0.29) is 54.8 Å². The first kappa shape index (κ1) is 80.8. The van der Waals surface area contributed by atoms with Crippen LogP contribution in [-0.2, 0) is 51.3 Å². The molecule has 3 N–H and O–H groups in total. The Balaban J connectivity index is 0.000000173. The van der Waals surface area contributed by atoms with Crippen LogP contribution in [0.5, 0.6) is 5.75 Å². The summed E-state index contributed by atoms with van der Waals surface area (Å²) in [5.41, 5.74) is 1.16. The van der Waals surface area contributed by atoms with Gasteiger partial charge in [-0.2, -0.15) is 39.5 Å². The minimum absolute atomic E-state index is 0.0459. The monoisotopic (exact) mass is 1530 g/mol. The number of rotatable bonds is 19. The molecule has 12 rings (SSSR count). The molecular formula is C80H83F13N10O4S. The Morgan fingerprint density at radius 2 is 0.861 bits per heavy atom. The maximum absolute atomic E-state index is 13.9.